The van der Waals surface area contributed by atoms with Gasteiger partial charge >= 0.3 is 5.69 Å². The molecule has 0 aliphatic carbocycles. The van der Waals surface area contributed by atoms with Gasteiger partial charge in [0.1, 0.15) is 11.6 Å². The molecule has 32 heavy (non-hydrogen) atoms. The van der Waals surface area contributed by atoms with Gasteiger partial charge in [0, 0.05) is 7.05 Å². The molecule has 2 aromatic heterocycles. The smallest absolute Gasteiger partial charge is 0.329 e. The van der Waals surface area contributed by atoms with Crippen molar-refractivity contribution in [2.24, 2.45) is 12.1 Å². The van der Waals surface area contributed by atoms with Gasteiger partial charge in [-0.05, 0) is 54.4 Å². The normalized spacial score (nSPS) is 11.3. The van der Waals surface area contributed by atoms with E-state index >= 15 is 0 Å². The van der Waals surface area contributed by atoms with E-state index in [4.69, 9.17) is 4.74 Å². The van der Waals surface area contributed by atoms with Crippen LogP contribution in [0.4, 0.5) is 10.3 Å². The van der Waals surface area contributed by atoms with Crippen molar-refractivity contribution < 1.29 is 9.13 Å². The number of fused-ring (bicyclic) bond motifs is 1. The Kier molecular flexibility index (Phi) is 5.84. The van der Waals surface area contributed by atoms with Gasteiger partial charge in [0.2, 0.25) is 5.95 Å². The van der Waals surface area contributed by atoms with Crippen molar-refractivity contribution >= 4 is 23.3 Å². The van der Waals surface area contributed by atoms with Crippen molar-refractivity contribution in [1.29, 1.82) is 0 Å². The number of hydrogen-bond donors (Lipinski definition) is 2. The number of anilines is 1. The summed E-state index contributed by atoms with van der Waals surface area (Å²) in [5.41, 5.74) is 3.69. The molecule has 4 aromatic rings. The average molecular weight is 436 g/mol. The van der Waals surface area contributed by atoms with Gasteiger partial charge in [-0.25, -0.2) is 14.6 Å². The van der Waals surface area contributed by atoms with Crippen LogP contribution in [0.2, 0.25) is 0 Å². The minimum Gasteiger partial charge on any atom is -0.494 e. The molecule has 0 radical (unpaired) electrons. The molecule has 0 saturated carbocycles. The number of aromatic amines is 1. The van der Waals surface area contributed by atoms with E-state index in [1.165, 1.54) is 23.7 Å². The maximum absolute atomic E-state index is 13.3. The zero-order valence-corrected chi connectivity index (χ0v) is 17.5. The highest BCUT2D eigenvalue weighted by Crippen LogP contribution is 2.18. The first kappa shape index (κ1) is 21.0. The molecule has 0 spiro atoms. The number of benzene rings is 2. The lowest BCUT2D eigenvalue weighted by molar-refractivity contribution is 0.340. The first-order chi connectivity index (χ1) is 15.5. The summed E-state index contributed by atoms with van der Waals surface area (Å²) in [6.45, 7) is 2.72. The lowest BCUT2D eigenvalue weighted by Gasteiger charge is -2.08. The lowest BCUT2D eigenvalue weighted by atomic mass is 10.2. The molecule has 0 bridgehead atoms. The zero-order chi connectivity index (χ0) is 22.7. The molecule has 0 amide bonds. The van der Waals surface area contributed by atoms with Gasteiger partial charge < -0.3 is 4.74 Å². The number of nitrogens with one attached hydrogen (secondary N) is 2. The van der Waals surface area contributed by atoms with E-state index in [2.05, 4.69) is 20.5 Å². The van der Waals surface area contributed by atoms with Crippen LogP contribution in [0.1, 0.15) is 18.1 Å². The van der Waals surface area contributed by atoms with Crippen molar-refractivity contribution in [2.75, 3.05) is 12.0 Å². The van der Waals surface area contributed by atoms with Gasteiger partial charge in [0.25, 0.3) is 5.56 Å². The maximum Gasteiger partial charge on any atom is 0.329 e. The Balaban J connectivity index is 1.70. The molecule has 10 heteroatoms. The Labute approximate surface area is 181 Å². The second kappa shape index (κ2) is 8.88. The van der Waals surface area contributed by atoms with E-state index in [-0.39, 0.29) is 29.5 Å². The molecule has 0 saturated heterocycles. The molecule has 9 nitrogen and oxygen atoms in total. The summed E-state index contributed by atoms with van der Waals surface area (Å²) in [5, 5.41) is 4.22. The van der Waals surface area contributed by atoms with E-state index in [0.29, 0.717) is 6.61 Å². The van der Waals surface area contributed by atoms with E-state index in [9.17, 15) is 14.0 Å². The van der Waals surface area contributed by atoms with Crippen molar-refractivity contribution in [3.05, 3.63) is 86.3 Å². The molecule has 0 fully saturated rings. The summed E-state index contributed by atoms with van der Waals surface area (Å²) in [7, 11) is 1.52. The largest absolute Gasteiger partial charge is 0.494 e. The zero-order valence-electron chi connectivity index (χ0n) is 17.5. The van der Waals surface area contributed by atoms with Crippen molar-refractivity contribution in [3.63, 3.8) is 0 Å². The van der Waals surface area contributed by atoms with E-state index in [1.807, 2.05) is 31.2 Å². The second-order valence-corrected chi connectivity index (χ2v) is 7.01. The first-order valence-corrected chi connectivity index (χ1v) is 9.92. The second-order valence-electron chi connectivity index (χ2n) is 7.01. The molecule has 0 atom stereocenters. The number of rotatable bonds is 7. The fraction of sp³-hybridized carbons (Fsp3) is 0.182. The van der Waals surface area contributed by atoms with Gasteiger partial charge in [-0.2, -0.15) is 10.1 Å². The van der Waals surface area contributed by atoms with E-state index < -0.39 is 11.2 Å². The van der Waals surface area contributed by atoms with Crippen molar-refractivity contribution in [3.8, 4) is 5.75 Å². The third kappa shape index (κ3) is 4.29. The highest BCUT2D eigenvalue weighted by atomic mass is 19.1. The number of aryl methyl sites for hydroxylation is 1. The summed E-state index contributed by atoms with van der Waals surface area (Å²) in [5.74, 6) is 0.667. The standard InChI is InChI=1S/C22H21FN6O3/c1-3-32-17-10-6-14(7-11-17)12-24-27-21-25-19-18(20(30)26-22(31)28(19)2)29(21)13-15-4-8-16(23)9-5-15/h4-12H,3,13H2,1-2H3,(H,25,27)(H,26,30,31)/b24-12-. The Morgan fingerprint density at radius 1 is 1.16 bits per heavy atom. The number of hydrazone groups is 1. The molecule has 164 valence electrons. The number of ether oxygens (including phenoxy) is 1. The Morgan fingerprint density at radius 2 is 1.88 bits per heavy atom. The monoisotopic (exact) mass is 436 g/mol. The van der Waals surface area contributed by atoms with Crippen LogP contribution >= 0.6 is 0 Å². The minimum atomic E-state index is -0.571. The molecule has 0 aliphatic rings. The molecule has 2 aromatic carbocycles. The number of nitrogens with zero attached hydrogens (tertiary/aromatic N) is 4. The quantitative estimate of drug-likeness (QED) is 0.342. The predicted molar refractivity (Wildman–Crippen MR) is 120 cm³/mol. The number of aromatic nitrogens is 4. The number of hydrogen-bond acceptors (Lipinski definition) is 6. The summed E-state index contributed by atoms with van der Waals surface area (Å²) in [6.07, 6.45) is 1.60. The highest BCUT2D eigenvalue weighted by Gasteiger charge is 2.17. The number of imidazole rings is 1. The first-order valence-electron chi connectivity index (χ1n) is 9.92. The van der Waals surface area contributed by atoms with E-state index in [1.54, 1.807) is 22.9 Å². The Bertz CT molecular complexity index is 1380. The summed E-state index contributed by atoms with van der Waals surface area (Å²) in [4.78, 5) is 31.2. The summed E-state index contributed by atoms with van der Waals surface area (Å²) in [6, 6.07) is 13.3. The molecule has 0 unspecified atom stereocenters. The molecular formula is C22H21FN6O3. The molecule has 2 N–H and O–H groups in total. The Hall–Kier alpha value is -4.21. The number of halogens is 1. The van der Waals surface area contributed by atoms with Crippen molar-refractivity contribution in [2.45, 2.75) is 13.5 Å². The molecule has 0 aliphatic heterocycles. The van der Waals surface area contributed by atoms with Gasteiger partial charge in [-0.15, -0.1) is 0 Å². The van der Waals surface area contributed by atoms with E-state index in [0.717, 1.165) is 16.9 Å². The minimum absolute atomic E-state index is 0.204. The molecule has 2 heterocycles. The summed E-state index contributed by atoms with van der Waals surface area (Å²) < 4.78 is 21.6. The van der Waals surface area contributed by atoms with Gasteiger partial charge in [0.05, 0.1) is 19.4 Å². The third-order valence-corrected chi connectivity index (χ3v) is 4.83. The summed E-state index contributed by atoms with van der Waals surface area (Å²) >= 11 is 0. The number of H-pyrrole nitrogens is 1. The van der Waals surface area contributed by atoms with Crippen LogP contribution in [-0.4, -0.2) is 31.9 Å². The van der Waals surface area contributed by atoms with Crippen LogP contribution in [0.15, 0.2) is 63.2 Å². The van der Waals surface area contributed by atoms with Crippen LogP contribution < -0.4 is 21.4 Å². The van der Waals surface area contributed by atoms with Crippen LogP contribution in [0, 0.1) is 5.82 Å². The SMILES string of the molecule is CCOc1ccc(/C=N\Nc2nc3c(c(=O)[nH]c(=O)n3C)n2Cc2ccc(F)cc2)cc1. The van der Waals surface area contributed by atoms with Crippen LogP contribution in [0.3, 0.4) is 0 Å². The fourth-order valence-electron chi connectivity index (χ4n) is 3.23. The topological polar surface area (TPSA) is 106 Å². The van der Waals surface area contributed by atoms with Crippen LogP contribution in [0.25, 0.3) is 11.2 Å². The lowest BCUT2D eigenvalue weighted by Crippen LogP contribution is -2.29. The van der Waals surface area contributed by atoms with Gasteiger partial charge in [-0.3, -0.25) is 18.9 Å². The maximum atomic E-state index is 13.3. The predicted octanol–water partition coefficient (Wildman–Crippen LogP) is 2.46. The van der Waals surface area contributed by atoms with Crippen LogP contribution in [0.5, 0.6) is 5.75 Å². The van der Waals surface area contributed by atoms with Crippen molar-refractivity contribution in [1.82, 2.24) is 19.1 Å². The Morgan fingerprint density at radius 3 is 2.56 bits per heavy atom. The third-order valence-electron chi connectivity index (χ3n) is 4.83. The molecular weight excluding hydrogens is 415 g/mol. The van der Waals surface area contributed by atoms with Gasteiger partial charge in [0.15, 0.2) is 11.2 Å². The average Bonchev–Trinajstić information content (AvgIpc) is 3.14. The highest BCUT2D eigenvalue weighted by molar-refractivity contribution is 5.80. The molecule has 4 rings (SSSR count). The fourth-order valence-corrected chi connectivity index (χ4v) is 3.23. The van der Waals surface area contributed by atoms with Crippen LogP contribution in [-0.2, 0) is 13.6 Å². The van der Waals surface area contributed by atoms with Gasteiger partial charge in [-0.1, -0.05) is 12.1 Å².